The van der Waals surface area contributed by atoms with Gasteiger partial charge in [-0.3, -0.25) is 0 Å². The van der Waals surface area contributed by atoms with Crippen LogP contribution in [0.5, 0.6) is 0 Å². The summed E-state index contributed by atoms with van der Waals surface area (Å²) in [5.74, 6) is 3.52. The van der Waals surface area contributed by atoms with E-state index in [4.69, 9.17) is 0 Å². The zero-order valence-corrected chi connectivity index (χ0v) is 13.9. The molecule has 4 aliphatic carbocycles. The van der Waals surface area contributed by atoms with Crippen LogP contribution < -0.4 is 0 Å². The van der Waals surface area contributed by atoms with Gasteiger partial charge in [-0.15, -0.1) is 0 Å². The second kappa shape index (κ2) is 4.60. The molecule has 0 saturated heterocycles. The number of aliphatic hydroxyl groups is 1. The Morgan fingerprint density at radius 1 is 0.952 bits per heavy atom. The largest absolute Gasteiger partial charge is 0.393 e. The summed E-state index contributed by atoms with van der Waals surface area (Å²) < 4.78 is 0. The minimum Gasteiger partial charge on any atom is -0.393 e. The molecule has 0 aromatic heterocycles. The van der Waals surface area contributed by atoms with Gasteiger partial charge in [0.25, 0.3) is 0 Å². The van der Waals surface area contributed by atoms with Crippen LogP contribution in [0, 0.1) is 34.5 Å². The summed E-state index contributed by atoms with van der Waals surface area (Å²) in [5, 5.41) is 10.5. The first-order valence-corrected chi connectivity index (χ1v) is 9.30. The summed E-state index contributed by atoms with van der Waals surface area (Å²) in [4.78, 5) is 0. The molecule has 4 rings (SSSR count). The molecule has 1 nitrogen and oxygen atoms in total. The molecule has 0 aromatic rings. The maximum absolute atomic E-state index is 10.5. The summed E-state index contributed by atoms with van der Waals surface area (Å²) in [6.07, 6.45) is 11.7. The molecule has 0 aromatic carbocycles. The van der Waals surface area contributed by atoms with E-state index in [1.54, 1.807) is 0 Å². The van der Waals surface area contributed by atoms with Gasteiger partial charge in [0.1, 0.15) is 0 Å². The molecular formula is C20H32O. The van der Waals surface area contributed by atoms with E-state index in [-0.39, 0.29) is 11.5 Å². The molecule has 0 spiro atoms. The molecular weight excluding hydrogens is 256 g/mol. The predicted octanol–water partition coefficient (Wildman–Crippen LogP) is 4.95. The lowest BCUT2D eigenvalue weighted by Crippen LogP contribution is -2.53. The van der Waals surface area contributed by atoms with Crippen LogP contribution in [-0.4, -0.2) is 11.2 Å². The van der Waals surface area contributed by atoms with Crippen molar-refractivity contribution in [3.8, 4) is 0 Å². The Morgan fingerprint density at radius 2 is 1.71 bits per heavy atom. The maximum atomic E-state index is 10.5. The van der Waals surface area contributed by atoms with E-state index in [1.165, 1.54) is 56.9 Å². The van der Waals surface area contributed by atoms with Gasteiger partial charge >= 0.3 is 0 Å². The molecule has 0 heterocycles. The quantitative estimate of drug-likeness (QED) is 0.626. The number of rotatable bonds is 0. The average Bonchev–Trinajstić information content (AvgIpc) is 2.74. The lowest BCUT2D eigenvalue weighted by atomic mass is 9.45. The van der Waals surface area contributed by atoms with Crippen molar-refractivity contribution in [3.63, 3.8) is 0 Å². The van der Waals surface area contributed by atoms with Crippen molar-refractivity contribution in [1.82, 2.24) is 0 Å². The summed E-state index contributed by atoms with van der Waals surface area (Å²) >= 11 is 0. The SMILES string of the molecule is C=C1CC[C@@H]2CC[C@@H]3[C@H](CC[C@]4(C)[C@@H](O)CC[C@@H]34)[C@@]2(C)C1. The van der Waals surface area contributed by atoms with Gasteiger partial charge in [0.2, 0.25) is 0 Å². The molecule has 0 aliphatic heterocycles. The van der Waals surface area contributed by atoms with Crippen molar-refractivity contribution in [2.75, 3.05) is 0 Å². The average molecular weight is 288 g/mol. The van der Waals surface area contributed by atoms with Crippen molar-refractivity contribution in [3.05, 3.63) is 12.2 Å². The molecule has 4 aliphatic rings. The van der Waals surface area contributed by atoms with Crippen molar-refractivity contribution in [2.24, 2.45) is 34.5 Å². The first-order valence-electron chi connectivity index (χ1n) is 9.30. The molecule has 0 bridgehead atoms. The van der Waals surface area contributed by atoms with E-state index >= 15 is 0 Å². The third kappa shape index (κ3) is 1.85. The monoisotopic (exact) mass is 288 g/mol. The van der Waals surface area contributed by atoms with E-state index < -0.39 is 0 Å². The highest BCUT2D eigenvalue weighted by Crippen LogP contribution is 2.66. The van der Waals surface area contributed by atoms with Crippen molar-refractivity contribution < 1.29 is 5.11 Å². The fourth-order valence-corrected chi connectivity index (χ4v) is 7.26. The summed E-state index contributed by atoms with van der Waals surface area (Å²) in [7, 11) is 0. The smallest absolute Gasteiger partial charge is 0.0596 e. The van der Waals surface area contributed by atoms with E-state index in [1.807, 2.05) is 0 Å². The Hall–Kier alpha value is -0.300. The third-order valence-electron chi connectivity index (χ3n) is 8.49. The van der Waals surface area contributed by atoms with Crippen LogP contribution in [0.25, 0.3) is 0 Å². The summed E-state index contributed by atoms with van der Waals surface area (Å²) in [5.41, 5.74) is 2.26. The van der Waals surface area contributed by atoms with Gasteiger partial charge < -0.3 is 5.11 Å². The zero-order valence-electron chi connectivity index (χ0n) is 13.9. The summed E-state index contributed by atoms with van der Waals surface area (Å²) in [6.45, 7) is 9.32. The first kappa shape index (κ1) is 14.3. The van der Waals surface area contributed by atoms with Crippen molar-refractivity contribution >= 4 is 0 Å². The molecule has 7 atom stereocenters. The molecule has 1 N–H and O–H groups in total. The fourth-order valence-electron chi connectivity index (χ4n) is 7.26. The van der Waals surface area contributed by atoms with Crippen molar-refractivity contribution in [1.29, 1.82) is 0 Å². The Balaban J connectivity index is 1.66. The van der Waals surface area contributed by atoms with E-state index in [9.17, 15) is 5.11 Å². The minimum absolute atomic E-state index is 0.0321. The second-order valence-corrected chi connectivity index (χ2v) is 9.26. The topological polar surface area (TPSA) is 20.2 Å². The van der Waals surface area contributed by atoms with Gasteiger partial charge in [0.05, 0.1) is 6.10 Å². The van der Waals surface area contributed by atoms with Gasteiger partial charge in [0.15, 0.2) is 0 Å². The van der Waals surface area contributed by atoms with Gasteiger partial charge in [-0.25, -0.2) is 0 Å². The highest BCUT2D eigenvalue weighted by atomic mass is 16.3. The van der Waals surface area contributed by atoms with Crippen LogP contribution in [0.15, 0.2) is 12.2 Å². The molecule has 4 saturated carbocycles. The predicted molar refractivity (Wildman–Crippen MR) is 86.9 cm³/mol. The molecule has 0 amide bonds. The van der Waals surface area contributed by atoms with Gasteiger partial charge in [0, 0.05) is 0 Å². The number of hydrogen-bond acceptors (Lipinski definition) is 1. The number of aliphatic hydroxyl groups excluding tert-OH is 1. The Morgan fingerprint density at radius 3 is 2.52 bits per heavy atom. The van der Waals surface area contributed by atoms with Crippen molar-refractivity contribution in [2.45, 2.75) is 77.7 Å². The van der Waals surface area contributed by atoms with Gasteiger partial charge in [-0.1, -0.05) is 26.0 Å². The fraction of sp³-hybridized carbons (Fsp3) is 0.900. The molecule has 21 heavy (non-hydrogen) atoms. The van der Waals surface area contributed by atoms with Gasteiger partial charge in [-0.2, -0.15) is 0 Å². The standard InChI is InChI=1S/C20H32O/c1-13-4-5-14-6-7-15-16-8-9-18(21)19(16,2)11-10-17(15)20(14,3)12-13/h14-18,21H,1,4-12H2,2-3H3/t14-,15+,16+,17+,18+,19+,20+/m1/s1. The molecule has 4 fully saturated rings. The number of hydrogen-bond donors (Lipinski definition) is 1. The number of fused-ring (bicyclic) bond motifs is 5. The number of allylic oxidation sites excluding steroid dienone is 1. The van der Waals surface area contributed by atoms with Gasteiger partial charge in [-0.05, 0) is 92.3 Å². The minimum atomic E-state index is -0.0321. The lowest BCUT2D eigenvalue weighted by molar-refractivity contribution is -0.114. The summed E-state index contributed by atoms with van der Waals surface area (Å²) in [6, 6.07) is 0. The highest BCUT2D eigenvalue weighted by molar-refractivity contribution is 5.14. The molecule has 0 unspecified atom stereocenters. The highest BCUT2D eigenvalue weighted by Gasteiger charge is 2.59. The second-order valence-electron chi connectivity index (χ2n) is 9.26. The lowest BCUT2D eigenvalue weighted by Gasteiger charge is -2.60. The van der Waals surface area contributed by atoms with Crippen LogP contribution in [-0.2, 0) is 0 Å². The van der Waals surface area contributed by atoms with Crippen LogP contribution in [0.2, 0.25) is 0 Å². The zero-order chi connectivity index (χ0) is 14.8. The Kier molecular flexibility index (Phi) is 3.13. The first-order chi connectivity index (χ1) is 9.95. The van der Waals surface area contributed by atoms with Crippen LogP contribution in [0.4, 0.5) is 0 Å². The maximum Gasteiger partial charge on any atom is 0.0596 e. The Bertz CT molecular complexity index is 455. The molecule has 0 radical (unpaired) electrons. The third-order valence-corrected chi connectivity index (χ3v) is 8.49. The van der Waals surface area contributed by atoms with Crippen LogP contribution >= 0.6 is 0 Å². The van der Waals surface area contributed by atoms with E-state index in [2.05, 4.69) is 20.4 Å². The van der Waals surface area contributed by atoms with Crippen LogP contribution in [0.1, 0.15) is 71.6 Å². The Labute approximate surface area is 130 Å². The van der Waals surface area contributed by atoms with E-state index in [0.717, 1.165) is 30.1 Å². The normalized spacial score (nSPS) is 56.5. The molecule has 1 heteroatoms. The molecule has 118 valence electrons. The van der Waals surface area contributed by atoms with E-state index in [0.29, 0.717) is 5.41 Å². The van der Waals surface area contributed by atoms with Crippen LogP contribution in [0.3, 0.4) is 0 Å².